The van der Waals surface area contributed by atoms with Crippen LogP contribution >= 0.6 is 0 Å². The van der Waals surface area contributed by atoms with Gasteiger partial charge in [0.25, 0.3) is 5.91 Å². The Bertz CT molecular complexity index is 1120. The number of pyridine rings is 1. The molecule has 3 aromatic rings. The molecule has 2 atom stereocenters. The van der Waals surface area contributed by atoms with E-state index in [0.29, 0.717) is 29.9 Å². The van der Waals surface area contributed by atoms with Gasteiger partial charge in [-0.3, -0.25) is 9.59 Å². The standard InChI is InChI=1S/C20H21N5O3/c21-17(27)12-8-22-18(15-11-4-1-2-5-13(11)24-16(12)15)25-7-3-6-20(10-25)14(26)9-23-19(20)28/h1-2,4-5,8,14,24,26H,3,6-7,9-10H2,(H2,21,27)(H,23,28)/t14-,20-/m1/s1. The number of para-hydroxylation sites is 1. The SMILES string of the molecule is NC(=O)c1cnc(N2CCC[C@]3(C2)C(=O)NC[C@H]3O)c2c1[nH]c1ccccc12. The fraction of sp³-hybridized carbons (Fsp3) is 0.350. The van der Waals surface area contributed by atoms with Crippen molar-refractivity contribution in [1.82, 2.24) is 15.3 Å². The number of rotatable bonds is 2. The maximum Gasteiger partial charge on any atom is 0.252 e. The first-order valence-corrected chi connectivity index (χ1v) is 9.42. The number of piperidine rings is 1. The van der Waals surface area contributed by atoms with Crippen LogP contribution in [0.2, 0.25) is 0 Å². The summed E-state index contributed by atoms with van der Waals surface area (Å²) in [5.74, 6) is 0.0494. The molecule has 144 valence electrons. The number of hydrogen-bond acceptors (Lipinski definition) is 5. The first kappa shape index (κ1) is 17.0. The lowest BCUT2D eigenvalue weighted by atomic mass is 9.76. The predicted molar refractivity (Wildman–Crippen MR) is 105 cm³/mol. The van der Waals surface area contributed by atoms with Gasteiger partial charge in [-0.2, -0.15) is 0 Å². The van der Waals surface area contributed by atoms with Gasteiger partial charge in [-0.05, 0) is 18.9 Å². The molecule has 8 heteroatoms. The molecule has 2 aliphatic heterocycles. The van der Waals surface area contributed by atoms with Crippen molar-refractivity contribution in [1.29, 1.82) is 0 Å². The monoisotopic (exact) mass is 379 g/mol. The van der Waals surface area contributed by atoms with Crippen LogP contribution in [0.15, 0.2) is 30.5 Å². The zero-order valence-electron chi connectivity index (χ0n) is 15.2. The number of aromatic amines is 1. The summed E-state index contributed by atoms with van der Waals surface area (Å²) in [4.78, 5) is 34.4. The predicted octanol–water partition coefficient (Wildman–Crippen LogP) is 0.892. The molecule has 2 saturated heterocycles. The Morgan fingerprint density at radius 2 is 2.18 bits per heavy atom. The number of nitrogens with two attached hydrogens (primary N) is 1. The molecule has 0 aliphatic carbocycles. The van der Waals surface area contributed by atoms with Crippen LogP contribution in [-0.2, 0) is 4.79 Å². The average Bonchev–Trinajstić information content (AvgIpc) is 3.21. The number of amides is 2. The second kappa shape index (κ2) is 5.93. The number of fused-ring (bicyclic) bond motifs is 3. The molecule has 0 saturated carbocycles. The van der Waals surface area contributed by atoms with E-state index in [2.05, 4.69) is 15.3 Å². The van der Waals surface area contributed by atoms with Gasteiger partial charge in [0.2, 0.25) is 5.91 Å². The van der Waals surface area contributed by atoms with Crippen molar-refractivity contribution in [2.75, 3.05) is 24.5 Å². The van der Waals surface area contributed by atoms with E-state index in [-0.39, 0.29) is 12.5 Å². The molecule has 5 N–H and O–H groups in total. The van der Waals surface area contributed by atoms with Crippen LogP contribution in [0, 0.1) is 5.41 Å². The number of benzene rings is 1. The first-order chi connectivity index (χ1) is 13.5. The molecule has 1 spiro atoms. The van der Waals surface area contributed by atoms with E-state index in [1.54, 1.807) is 0 Å². The normalized spacial score (nSPS) is 25.0. The van der Waals surface area contributed by atoms with Gasteiger partial charge in [0.05, 0.1) is 28.0 Å². The van der Waals surface area contributed by atoms with E-state index in [1.807, 2.05) is 29.2 Å². The Morgan fingerprint density at radius 1 is 1.36 bits per heavy atom. The molecule has 1 aromatic carbocycles. The van der Waals surface area contributed by atoms with Gasteiger partial charge in [0, 0.05) is 36.7 Å². The number of aliphatic hydroxyl groups excluding tert-OH is 1. The van der Waals surface area contributed by atoms with E-state index in [4.69, 9.17) is 5.73 Å². The Balaban J connectivity index is 1.70. The lowest BCUT2D eigenvalue weighted by Crippen LogP contribution is -2.52. The molecule has 28 heavy (non-hydrogen) atoms. The van der Waals surface area contributed by atoms with E-state index < -0.39 is 17.4 Å². The van der Waals surface area contributed by atoms with Gasteiger partial charge >= 0.3 is 0 Å². The number of H-pyrrole nitrogens is 1. The lowest BCUT2D eigenvalue weighted by Gasteiger charge is -2.41. The summed E-state index contributed by atoms with van der Waals surface area (Å²) in [7, 11) is 0. The van der Waals surface area contributed by atoms with E-state index in [0.717, 1.165) is 29.3 Å². The Hall–Kier alpha value is -3.13. The summed E-state index contributed by atoms with van der Waals surface area (Å²) >= 11 is 0. The maximum absolute atomic E-state index is 12.5. The summed E-state index contributed by atoms with van der Waals surface area (Å²) in [6.07, 6.45) is 2.19. The number of anilines is 1. The summed E-state index contributed by atoms with van der Waals surface area (Å²) in [6, 6.07) is 7.77. The number of nitrogens with one attached hydrogen (secondary N) is 2. The minimum Gasteiger partial charge on any atom is -0.390 e. The Labute approximate surface area is 160 Å². The van der Waals surface area contributed by atoms with Crippen LogP contribution in [-0.4, -0.2) is 52.6 Å². The molecule has 8 nitrogen and oxygen atoms in total. The minimum absolute atomic E-state index is 0.103. The average molecular weight is 379 g/mol. The molecule has 2 fully saturated rings. The van der Waals surface area contributed by atoms with Crippen LogP contribution in [0.25, 0.3) is 21.8 Å². The van der Waals surface area contributed by atoms with Crippen molar-refractivity contribution < 1.29 is 14.7 Å². The molecular formula is C20H21N5O3. The Kier molecular flexibility index (Phi) is 3.60. The van der Waals surface area contributed by atoms with Crippen LogP contribution in [0.1, 0.15) is 23.2 Å². The molecule has 0 bridgehead atoms. The van der Waals surface area contributed by atoms with Crippen molar-refractivity contribution in [3.8, 4) is 0 Å². The lowest BCUT2D eigenvalue weighted by molar-refractivity contribution is -0.131. The second-order valence-corrected chi connectivity index (χ2v) is 7.69. The van der Waals surface area contributed by atoms with Crippen LogP contribution in [0.3, 0.4) is 0 Å². The molecule has 4 heterocycles. The summed E-state index contributed by atoms with van der Waals surface area (Å²) in [5.41, 5.74) is 6.61. The molecule has 2 aromatic heterocycles. The van der Waals surface area contributed by atoms with E-state index in [1.165, 1.54) is 6.20 Å². The summed E-state index contributed by atoms with van der Waals surface area (Å²) in [6.45, 7) is 1.39. The number of primary amides is 1. The number of nitrogens with zero attached hydrogens (tertiary/aromatic N) is 2. The molecule has 2 amide bonds. The third kappa shape index (κ3) is 2.24. The largest absolute Gasteiger partial charge is 0.390 e. The summed E-state index contributed by atoms with van der Waals surface area (Å²) < 4.78 is 0. The number of carbonyl (C=O) groups excluding carboxylic acids is 2. The second-order valence-electron chi connectivity index (χ2n) is 7.69. The number of aliphatic hydroxyl groups is 1. The molecular weight excluding hydrogens is 358 g/mol. The maximum atomic E-state index is 12.5. The van der Waals surface area contributed by atoms with Crippen LogP contribution in [0.4, 0.5) is 5.82 Å². The van der Waals surface area contributed by atoms with Crippen molar-refractivity contribution in [2.45, 2.75) is 18.9 Å². The van der Waals surface area contributed by atoms with Crippen molar-refractivity contribution >= 4 is 39.4 Å². The highest BCUT2D eigenvalue weighted by Crippen LogP contribution is 2.41. The fourth-order valence-electron chi connectivity index (χ4n) is 4.69. The fourth-order valence-corrected chi connectivity index (χ4v) is 4.69. The van der Waals surface area contributed by atoms with Gasteiger partial charge in [-0.1, -0.05) is 18.2 Å². The van der Waals surface area contributed by atoms with E-state index in [9.17, 15) is 14.7 Å². The van der Waals surface area contributed by atoms with Gasteiger partial charge in [0.1, 0.15) is 5.82 Å². The zero-order valence-corrected chi connectivity index (χ0v) is 15.2. The Morgan fingerprint density at radius 3 is 2.93 bits per heavy atom. The number of aromatic nitrogens is 2. The minimum atomic E-state index is -0.819. The quantitative estimate of drug-likeness (QED) is 0.526. The number of β-amino-alcohol motifs (C(OH)–C–C–N with tert-alkyl or cyclic N) is 1. The van der Waals surface area contributed by atoms with Gasteiger partial charge in [0.15, 0.2) is 0 Å². The zero-order chi connectivity index (χ0) is 19.5. The molecule has 0 radical (unpaired) electrons. The molecule has 5 rings (SSSR count). The number of hydrogen-bond donors (Lipinski definition) is 4. The highest BCUT2D eigenvalue weighted by molar-refractivity contribution is 6.18. The van der Waals surface area contributed by atoms with Gasteiger partial charge < -0.3 is 26.0 Å². The van der Waals surface area contributed by atoms with Crippen molar-refractivity contribution in [3.05, 3.63) is 36.0 Å². The van der Waals surface area contributed by atoms with E-state index >= 15 is 0 Å². The van der Waals surface area contributed by atoms with Gasteiger partial charge in [-0.25, -0.2) is 4.98 Å². The summed E-state index contributed by atoms with van der Waals surface area (Å²) in [5, 5.41) is 15.0. The third-order valence-corrected chi connectivity index (χ3v) is 6.15. The first-order valence-electron chi connectivity index (χ1n) is 9.42. The van der Waals surface area contributed by atoms with Crippen molar-refractivity contribution in [2.24, 2.45) is 11.1 Å². The third-order valence-electron chi connectivity index (χ3n) is 6.15. The smallest absolute Gasteiger partial charge is 0.252 e. The molecule has 2 aliphatic rings. The van der Waals surface area contributed by atoms with Crippen LogP contribution < -0.4 is 16.0 Å². The van der Waals surface area contributed by atoms with Crippen molar-refractivity contribution in [3.63, 3.8) is 0 Å². The highest BCUT2D eigenvalue weighted by Gasteiger charge is 2.52. The topological polar surface area (TPSA) is 124 Å². The number of carbonyl (C=O) groups is 2. The molecule has 0 unspecified atom stereocenters. The highest BCUT2D eigenvalue weighted by atomic mass is 16.3. The van der Waals surface area contributed by atoms with Crippen LogP contribution in [0.5, 0.6) is 0 Å². The van der Waals surface area contributed by atoms with Gasteiger partial charge in [-0.15, -0.1) is 0 Å².